The van der Waals surface area contributed by atoms with Crippen molar-refractivity contribution in [3.8, 4) is 0 Å². The summed E-state index contributed by atoms with van der Waals surface area (Å²) in [5.41, 5.74) is 1.28. The van der Waals surface area contributed by atoms with Crippen LogP contribution >= 0.6 is 0 Å². The maximum absolute atomic E-state index is 11.7. The van der Waals surface area contributed by atoms with E-state index in [1.165, 1.54) is 12.8 Å². The summed E-state index contributed by atoms with van der Waals surface area (Å²) >= 11 is 0. The van der Waals surface area contributed by atoms with Gasteiger partial charge in [-0.1, -0.05) is 13.8 Å². The molecule has 1 aliphatic carbocycles. The normalized spacial score (nSPS) is 16.5. The number of hydrogen-bond donors (Lipinski definition) is 1. The van der Waals surface area contributed by atoms with Crippen LogP contribution < -0.4 is 5.56 Å². The smallest absolute Gasteiger partial charge is 0.266 e. The van der Waals surface area contributed by atoms with Crippen molar-refractivity contribution < 1.29 is 0 Å². The molecule has 0 bridgehead atoms. The van der Waals surface area contributed by atoms with Crippen LogP contribution in [0.25, 0.3) is 0 Å². The van der Waals surface area contributed by atoms with Crippen molar-refractivity contribution in [3.05, 3.63) is 22.1 Å². The van der Waals surface area contributed by atoms with Gasteiger partial charge in [0, 0.05) is 17.7 Å². The van der Waals surface area contributed by atoms with Gasteiger partial charge in [-0.3, -0.25) is 9.89 Å². The quantitative estimate of drug-likeness (QED) is 0.785. The minimum atomic E-state index is 0.139. The minimum absolute atomic E-state index is 0.139. The molecule has 0 aromatic carbocycles. The first-order valence-electron chi connectivity index (χ1n) is 5.57. The van der Waals surface area contributed by atoms with Crippen LogP contribution in [-0.4, -0.2) is 9.78 Å². The lowest BCUT2D eigenvalue weighted by atomic mass is 10.2. The zero-order valence-electron chi connectivity index (χ0n) is 8.92. The van der Waals surface area contributed by atoms with Crippen LogP contribution in [0.2, 0.25) is 0 Å². The average Bonchev–Trinajstić information content (AvgIpc) is 2.95. The number of H-pyrrole nitrogens is 1. The molecule has 3 heteroatoms. The van der Waals surface area contributed by atoms with E-state index in [1.54, 1.807) is 10.7 Å². The third-order valence-electron chi connectivity index (χ3n) is 3.09. The second-order valence-corrected chi connectivity index (χ2v) is 4.16. The van der Waals surface area contributed by atoms with Gasteiger partial charge in [-0.05, 0) is 25.7 Å². The number of nitrogens with zero attached hydrogens (tertiary/aromatic N) is 1. The van der Waals surface area contributed by atoms with Crippen LogP contribution in [0.1, 0.15) is 57.2 Å². The number of aromatic amines is 1. The fourth-order valence-electron chi connectivity index (χ4n) is 1.96. The molecule has 1 heterocycles. The van der Waals surface area contributed by atoms with Crippen LogP contribution in [0.15, 0.2) is 10.9 Å². The Balaban J connectivity index is 2.27. The highest BCUT2D eigenvalue weighted by Crippen LogP contribution is 2.38. The molecule has 1 saturated carbocycles. The molecule has 0 spiro atoms. The van der Waals surface area contributed by atoms with Crippen LogP contribution in [0, 0.1) is 0 Å². The first kappa shape index (κ1) is 9.56. The van der Waals surface area contributed by atoms with Crippen LogP contribution in [0.5, 0.6) is 0 Å². The first-order valence-corrected chi connectivity index (χ1v) is 5.57. The molecule has 1 N–H and O–H groups in total. The predicted molar refractivity (Wildman–Crippen MR) is 56.6 cm³/mol. The van der Waals surface area contributed by atoms with Crippen LogP contribution in [-0.2, 0) is 0 Å². The molecule has 1 aliphatic rings. The fourth-order valence-corrected chi connectivity index (χ4v) is 1.96. The third kappa shape index (κ3) is 1.63. The minimum Gasteiger partial charge on any atom is -0.299 e. The van der Waals surface area contributed by atoms with Gasteiger partial charge in [0.2, 0.25) is 0 Å². The molecule has 1 aromatic rings. The predicted octanol–water partition coefficient (Wildman–Crippen LogP) is 2.41. The van der Waals surface area contributed by atoms with Crippen molar-refractivity contribution in [1.29, 1.82) is 0 Å². The molecule has 0 saturated heterocycles. The van der Waals surface area contributed by atoms with Gasteiger partial charge >= 0.3 is 0 Å². The lowest BCUT2D eigenvalue weighted by Crippen LogP contribution is -2.21. The van der Waals surface area contributed by atoms with E-state index in [2.05, 4.69) is 18.9 Å². The zero-order valence-corrected chi connectivity index (χ0v) is 8.92. The van der Waals surface area contributed by atoms with E-state index in [0.717, 1.165) is 18.5 Å². The monoisotopic (exact) mass is 194 g/mol. The fraction of sp³-hybridized carbons (Fsp3) is 0.727. The maximum atomic E-state index is 11.7. The topological polar surface area (TPSA) is 37.8 Å². The summed E-state index contributed by atoms with van der Waals surface area (Å²) in [4.78, 5) is 11.7. The summed E-state index contributed by atoms with van der Waals surface area (Å²) in [6.07, 6.45) is 4.51. The second kappa shape index (κ2) is 3.64. The van der Waals surface area contributed by atoms with Crippen molar-refractivity contribution in [2.24, 2.45) is 0 Å². The van der Waals surface area contributed by atoms with Gasteiger partial charge in [0.1, 0.15) is 0 Å². The van der Waals surface area contributed by atoms with E-state index < -0.39 is 0 Å². The Labute approximate surface area is 84.1 Å². The summed E-state index contributed by atoms with van der Waals surface area (Å²) in [6, 6.07) is 2.12. The molecule has 0 radical (unpaired) electrons. The molecule has 14 heavy (non-hydrogen) atoms. The lowest BCUT2D eigenvalue weighted by molar-refractivity contribution is 0.415. The van der Waals surface area contributed by atoms with Crippen molar-refractivity contribution in [3.63, 3.8) is 0 Å². The van der Waals surface area contributed by atoms with Gasteiger partial charge in [0.15, 0.2) is 0 Å². The van der Waals surface area contributed by atoms with Crippen molar-refractivity contribution in [2.45, 2.75) is 51.5 Å². The van der Waals surface area contributed by atoms with Crippen molar-refractivity contribution >= 4 is 0 Å². The Hall–Kier alpha value is -0.990. The van der Waals surface area contributed by atoms with Gasteiger partial charge < -0.3 is 0 Å². The second-order valence-electron chi connectivity index (χ2n) is 4.16. The highest BCUT2D eigenvalue weighted by molar-refractivity contribution is 5.12. The summed E-state index contributed by atoms with van der Waals surface area (Å²) in [5, 5.41) is 3.25. The van der Waals surface area contributed by atoms with E-state index in [-0.39, 0.29) is 5.56 Å². The molecule has 0 atom stereocenters. The number of rotatable bonds is 4. The summed E-state index contributed by atoms with van der Waals surface area (Å²) in [6.45, 7) is 4.25. The maximum Gasteiger partial charge on any atom is 0.266 e. The van der Waals surface area contributed by atoms with Crippen molar-refractivity contribution in [1.82, 2.24) is 9.78 Å². The molecular weight excluding hydrogens is 176 g/mol. The standard InChI is InChI=1S/C11H18N2O/c1-3-9(4-2)13-11(14)7-10(12-13)8-5-6-8/h7-9,12H,3-6H2,1-2H3. The summed E-state index contributed by atoms with van der Waals surface area (Å²) in [7, 11) is 0. The number of aromatic nitrogens is 2. The van der Waals surface area contributed by atoms with E-state index in [0.29, 0.717) is 12.0 Å². The van der Waals surface area contributed by atoms with E-state index in [4.69, 9.17) is 0 Å². The SMILES string of the molecule is CCC(CC)n1[nH]c(C2CC2)cc1=O. The third-order valence-corrected chi connectivity index (χ3v) is 3.09. The molecule has 0 unspecified atom stereocenters. The molecule has 78 valence electrons. The highest BCUT2D eigenvalue weighted by Gasteiger charge is 2.26. The highest BCUT2D eigenvalue weighted by atomic mass is 16.1. The molecule has 3 nitrogen and oxygen atoms in total. The van der Waals surface area contributed by atoms with Crippen LogP contribution in [0.3, 0.4) is 0 Å². The Bertz CT molecular complexity index is 356. The molecule has 2 rings (SSSR count). The Morgan fingerprint density at radius 2 is 2.14 bits per heavy atom. The van der Waals surface area contributed by atoms with Gasteiger partial charge in [-0.25, -0.2) is 4.68 Å². The summed E-state index contributed by atoms with van der Waals surface area (Å²) in [5.74, 6) is 0.637. The Morgan fingerprint density at radius 3 is 2.64 bits per heavy atom. The molecule has 1 fully saturated rings. The zero-order chi connectivity index (χ0) is 10.1. The van der Waals surface area contributed by atoms with E-state index in [9.17, 15) is 4.79 Å². The van der Waals surface area contributed by atoms with Gasteiger partial charge in [-0.2, -0.15) is 0 Å². The number of nitrogens with one attached hydrogen (secondary N) is 1. The van der Waals surface area contributed by atoms with E-state index >= 15 is 0 Å². The lowest BCUT2D eigenvalue weighted by Gasteiger charge is -2.12. The van der Waals surface area contributed by atoms with Gasteiger partial charge in [0.05, 0.1) is 6.04 Å². The largest absolute Gasteiger partial charge is 0.299 e. The Kier molecular flexibility index (Phi) is 2.48. The number of hydrogen-bond acceptors (Lipinski definition) is 1. The average molecular weight is 194 g/mol. The Morgan fingerprint density at radius 1 is 1.50 bits per heavy atom. The van der Waals surface area contributed by atoms with Gasteiger partial charge in [-0.15, -0.1) is 0 Å². The van der Waals surface area contributed by atoms with Gasteiger partial charge in [0.25, 0.3) is 5.56 Å². The van der Waals surface area contributed by atoms with Crippen LogP contribution in [0.4, 0.5) is 0 Å². The first-order chi connectivity index (χ1) is 6.76. The summed E-state index contributed by atoms with van der Waals surface area (Å²) < 4.78 is 1.80. The molecule has 0 aliphatic heterocycles. The van der Waals surface area contributed by atoms with Crippen molar-refractivity contribution in [2.75, 3.05) is 0 Å². The molecule has 0 amide bonds. The molecule has 1 aromatic heterocycles. The molecular formula is C11H18N2O. The van der Waals surface area contributed by atoms with E-state index in [1.807, 2.05) is 0 Å².